The quantitative estimate of drug-likeness (QED) is 0.758. The van der Waals surface area contributed by atoms with Crippen LogP contribution in [0.3, 0.4) is 0 Å². The number of hydrogen-bond donors (Lipinski definition) is 0. The van der Waals surface area contributed by atoms with Crippen molar-refractivity contribution < 1.29 is 23.8 Å². The van der Waals surface area contributed by atoms with Gasteiger partial charge in [-0.3, -0.25) is 4.79 Å². The molecule has 6 nitrogen and oxygen atoms in total. The fourth-order valence-corrected chi connectivity index (χ4v) is 2.62. The van der Waals surface area contributed by atoms with Gasteiger partial charge in [0.05, 0.1) is 12.2 Å². The van der Waals surface area contributed by atoms with Crippen LogP contribution in [0, 0.1) is 6.92 Å². The minimum Gasteiger partial charge on any atom is -0.482 e. The highest BCUT2D eigenvalue weighted by Gasteiger charge is 2.26. The molecule has 24 heavy (non-hydrogen) atoms. The number of benzene rings is 1. The van der Waals surface area contributed by atoms with Gasteiger partial charge in [0.1, 0.15) is 5.75 Å². The van der Waals surface area contributed by atoms with Gasteiger partial charge in [-0.05, 0) is 44.5 Å². The zero-order valence-corrected chi connectivity index (χ0v) is 14.8. The van der Waals surface area contributed by atoms with Crippen molar-refractivity contribution in [2.24, 2.45) is 0 Å². The Morgan fingerprint density at radius 2 is 1.92 bits per heavy atom. The molecule has 1 amide bonds. The van der Waals surface area contributed by atoms with Gasteiger partial charge in [0.15, 0.2) is 13.2 Å². The molecule has 132 valence electrons. The van der Waals surface area contributed by atoms with Crippen molar-refractivity contribution in [3.8, 4) is 5.75 Å². The number of rotatable bonds is 5. The van der Waals surface area contributed by atoms with Gasteiger partial charge in [-0.15, -0.1) is 0 Å². The first-order valence-electron chi connectivity index (χ1n) is 7.83. The third-order valence-corrected chi connectivity index (χ3v) is 4.04. The molecule has 1 saturated heterocycles. The van der Waals surface area contributed by atoms with E-state index in [1.54, 1.807) is 23.1 Å². The minimum absolute atomic E-state index is 0.0233. The fourth-order valence-electron chi connectivity index (χ4n) is 2.51. The summed E-state index contributed by atoms with van der Waals surface area (Å²) in [5, 5.41) is 0.629. The zero-order chi connectivity index (χ0) is 17.7. The lowest BCUT2D eigenvalue weighted by atomic mass is 10.2. The molecule has 0 aromatic heterocycles. The lowest BCUT2D eigenvalue weighted by Gasteiger charge is -2.35. The molecule has 1 aromatic rings. The monoisotopic (exact) mass is 355 g/mol. The Morgan fingerprint density at radius 3 is 2.54 bits per heavy atom. The number of carbonyl (C=O) groups excluding carboxylic acids is 2. The van der Waals surface area contributed by atoms with Gasteiger partial charge in [-0.25, -0.2) is 4.79 Å². The molecular weight excluding hydrogens is 334 g/mol. The number of amides is 1. The van der Waals surface area contributed by atoms with E-state index < -0.39 is 5.97 Å². The summed E-state index contributed by atoms with van der Waals surface area (Å²) in [4.78, 5) is 25.5. The summed E-state index contributed by atoms with van der Waals surface area (Å²) in [6, 6.07) is 5.10. The van der Waals surface area contributed by atoms with Crippen LogP contribution in [0.15, 0.2) is 18.2 Å². The molecule has 1 aliphatic heterocycles. The van der Waals surface area contributed by atoms with E-state index in [-0.39, 0.29) is 31.3 Å². The second-order valence-corrected chi connectivity index (χ2v) is 6.32. The highest BCUT2D eigenvalue weighted by atomic mass is 35.5. The number of nitrogens with zero attached hydrogens (tertiary/aromatic N) is 1. The van der Waals surface area contributed by atoms with E-state index in [1.165, 1.54) is 0 Å². The third-order valence-electron chi connectivity index (χ3n) is 3.62. The van der Waals surface area contributed by atoms with Crippen LogP contribution in [0.1, 0.15) is 19.4 Å². The Kier molecular flexibility index (Phi) is 6.45. The summed E-state index contributed by atoms with van der Waals surface area (Å²) in [7, 11) is 0. The van der Waals surface area contributed by atoms with Gasteiger partial charge in [0, 0.05) is 18.1 Å². The average Bonchev–Trinajstić information content (AvgIpc) is 2.52. The lowest BCUT2D eigenvalue weighted by Crippen LogP contribution is -2.49. The van der Waals surface area contributed by atoms with E-state index in [2.05, 4.69) is 0 Å². The number of halogens is 1. The Labute approximate surface area is 146 Å². The maximum absolute atomic E-state index is 12.1. The van der Waals surface area contributed by atoms with Crippen LogP contribution >= 0.6 is 11.6 Å². The van der Waals surface area contributed by atoms with E-state index >= 15 is 0 Å². The van der Waals surface area contributed by atoms with Crippen molar-refractivity contribution in [2.45, 2.75) is 33.0 Å². The van der Waals surface area contributed by atoms with Gasteiger partial charge < -0.3 is 19.1 Å². The molecule has 2 rings (SSSR count). The molecule has 7 heteroatoms. The molecule has 0 unspecified atom stereocenters. The number of aryl methyl sites for hydroxylation is 1. The predicted octanol–water partition coefficient (Wildman–Crippen LogP) is 2.21. The summed E-state index contributed by atoms with van der Waals surface area (Å²) >= 11 is 5.92. The Hall–Kier alpha value is -1.79. The fraction of sp³-hybridized carbons (Fsp3) is 0.529. The van der Waals surface area contributed by atoms with Gasteiger partial charge in [0.2, 0.25) is 0 Å². The third kappa shape index (κ3) is 5.39. The van der Waals surface area contributed by atoms with Crippen molar-refractivity contribution in [2.75, 3.05) is 26.3 Å². The lowest BCUT2D eigenvalue weighted by molar-refractivity contribution is -0.158. The molecule has 0 spiro atoms. The first-order chi connectivity index (χ1) is 11.3. The second-order valence-electron chi connectivity index (χ2n) is 5.92. The van der Waals surface area contributed by atoms with Crippen LogP contribution in [-0.2, 0) is 19.1 Å². The minimum atomic E-state index is -0.592. The molecule has 1 aliphatic rings. The standard InChI is InChI=1S/C17H22ClNO5/c1-11-6-14(4-5-15(11)18)22-10-17(21)23-9-16(20)19-7-12(2)24-13(3)8-19/h4-6,12-13H,7-10H2,1-3H3/t12-,13+. The van der Waals surface area contributed by atoms with Gasteiger partial charge in [-0.1, -0.05) is 11.6 Å². The number of esters is 1. The van der Waals surface area contributed by atoms with E-state index in [1.807, 2.05) is 20.8 Å². The normalized spacial score (nSPS) is 20.6. The van der Waals surface area contributed by atoms with Crippen LogP contribution in [0.5, 0.6) is 5.75 Å². The molecule has 0 N–H and O–H groups in total. The molecule has 0 saturated carbocycles. The summed E-state index contributed by atoms with van der Waals surface area (Å²) in [5.74, 6) is -0.297. The van der Waals surface area contributed by atoms with Crippen LogP contribution in [0.4, 0.5) is 0 Å². The average molecular weight is 356 g/mol. The summed E-state index contributed by atoms with van der Waals surface area (Å²) in [5.41, 5.74) is 0.855. The van der Waals surface area contributed by atoms with Crippen molar-refractivity contribution in [1.29, 1.82) is 0 Å². The van der Waals surface area contributed by atoms with Gasteiger partial charge in [-0.2, -0.15) is 0 Å². The highest BCUT2D eigenvalue weighted by molar-refractivity contribution is 6.31. The first-order valence-corrected chi connectivity index (χ1v) is 8.20. The number of hydrogen-bond acceptors (Lipinski definition) is 5. The zero-order valence-electron chi connectivity index (χ0n) is 14.1. The molecule has 2 atom stereocenters. The molecule has 1 aromatic carbocycles. The second kappa shape index (κ2) is 8.35. The van der Waals surface area contributed by atoms with E-state index in [0.29, 0.717) is 23.9 Å². The maximum Gasteiger partial charge on any atom is 0.344 e. The Morgan fingerprint density at radius 1 is 1.25 bits per heavy atom. The molecule has 0 bridgehead atoms. The van der Waals surface area contributed by atoms with Crippen LogP contribution in [-0.4, -0.2) is 55.3 Å². The van der Waals surface area contributed by atoms with Crippen LogP contribution in [0.25, 0.3) is 0 Å². The summed E-state index contributed by atoms with van der Waals surface area (Å²) in [6.45, 7) is 6.11. The number of ether oxygens (including phenoxy) is 3. The van der Waals surface area contributed by atoms with Crippen LogP contribution < -0.4 is 4.74 Å². The van der Waals surface area contributed by atoms with Gasteiger partial charge >= 0.3 is 5.97 Å². The van der Waals surface area contributed by atoms with E-state index in [4.69, 9.17) is 25.8 Å². The number of carbonyl (C=O) groups is 2. The van der Waals surface area contributed by atoms with Crippen LogP contribution in [0.2, 0.25) is 5.02 Å². The van der Waals surface area contributed by atoms with E-state index in [9.17, 15) is 9.59 Å². The molecule has 0 aliphatic carbocycles. The molecule has 1 heterocycles. The largest absolute Gasteiger partial charge is 0.482 e. The number of morpholine rings is 1. The smallest absolute Gasteiger partial charge is 0.344 e. The first kappa shape index (κ1) is 18.5. The predicted molar refractivity (Wildman–Crippen MR) is 89.2 cm³/mol. The molecule has 1 fully saturated rings. The van der Waals surface area contributed by atoms with E-state index in [0.717, 1.165) is 5.56 Å². The summed E-state index contributed by atoms with van der Waals surface area (Å²) in [6.07, 6.45) is -0.0465. The maximum atomic E-state index is 12.1. The summed E-state index contributed by atoms with van der Waals surface area (Å²) < 4.78 is 15.9. The SMILES string of the molecule is Cc1cc(OCC(=O)OCC(=O)N2C[C@@H](C)O[C@@H](C)C2)ccc1Cl. The highest BCUT2D eigenvalue weighted by Crippen LogP contribution is 2.21. The Bertz CT molecular complexity index is 597. The topological polar surface area (TPSA) is 65.1 Å². The Balaban J connectivity index is 1.74. The van der Waals surface area contributed by atoms with Crippen molar-refractivity contribution >= 4 is 23.5 Å². The van der Waals surface area contributed by atoms with Crippen molar-refractivity contribution in [1.82, 2.24) is 4.90 Å². The molecular formula is C17H22ClNO5. The van der Waals surface area contributed by atoms with Crippen molar-refractivity contribution in [3.63, 3.8) is 0 Å². The molecule has 0 radical (unpaired) electrons. The van der Waals surface area contributed by atoms with Gasteiger partial charge in [0.25, 0.3) is 5.91 Å². The van der Waals surface area contributed by atoms with Crippen molar-refractivity contribution in [3.05, 3.63) is 28.8 Å².